The van der Waals surface area contributed by atoms with Crippen molar-refractivity contribution in [1.29, 1.82) is 0 Å². The first-order valence-electron chi connectivity index (χ1n) is 12.4. The van der Waals surface area contributed by atoms with Crippen LogP contribution in [0.4, 0.5) is 15.6 Å². The third kappa shape index (κ3) is 8.24. The summed E-state index contributed by atoms with van der Waals surface area (Å²) in [5.41, 5.74) is 0.212. The van der Waals surface area contributed by atoms with Crippen molar-refractivity contribution in [2.45, 2.75) is 99.0 Å². The van der Waals surface area contributed by atoms with Crippen LogP contribution in [0.25, 0.3) is 0 Å². The van der Waals surface area contributed by atoms with E-state index in [0.29, 0.717) is 5.13 Å². The minimum atomic E-state index is -2.70. The van der Waals surface area contributed by atoms with Gasteiger partial charge in [-0.05, 0) is 0 Å². The minimum absolute atomic E-state index is 0.377. The summed E-state index contributed by atoms with van der Waals surface area (Å²) in [6.45, 7) is 12.6. The maximum atomic E-state index is 13.3. The normalized spacial score (nSPS) is 12.1. The van der Waals surface area contributed by atoms with Crippen LogP contribution < -0.4 is 7.79 Å². The Labute approximate surface area is 217 Å². The molecule has 2 rings (SSSR count). The molecule has 0 radical (unpaired) electrons. The van der Waals surface area contributed by atoms with Gasteiger partial charge in [0.05, 0.1) is 0 Å². The van der Waals surface area contributed by atoms with Crippen LogP contribution in [0.2, 0.25) is 13.3 Å². The Morgan fingerprint density at radius 1 is 1.00 bits per heavy atom. The summed E-state index contributed by atoms with van der Waals surface area (Å²) >= 11 is 2.89. The molecule has 0 aliphatic rings. The van der Waals surface area contributed by atoms with E-state index in [1.807, 2.05) is 51.1 Å². The molecule has 0 atom stereocenters. The number of benzene rings is 1. The predicted octanol–water partition coefficient (Wildman–Crippen LogP) is 9.03. The number of ether oxygens (including phenoxy) is 1. The summed E-state index contributed by atoms with van der Waals surface area (Å²) in [5.74, 6) is 0. The molecule has 1 aromatic heterocycles. The molecule has 4 nitrogen and oxygen atoms in total. The Bertz CT molecular complexity index is 845. The Kier molecular flexibility index (Phi) is 11.7. The van der Waals surface area contributed by atoms with Crippen molar-refractivity contribution in [2.75, 3.05) is 4.90 Å². The molecule has 184 valence electrons. The van der Waals surface area contributed by atoms with Gasteiger partial charge in [0.2, 0.25) is 0 Å². The van der Waals surface area contributed by atoms with Gasteiger partial charge in [0.1, 0.15) is 0 Å². The van der Waals surface area contributed by atoms with Gasteiger partial charge in [-0.3, -0.25) is 0 Å². The first kappa shape index (κ1) is 28.6. The van der Waals surface area contributed by atoms with Crippen LogP contribution in [0, 0.1) is 0 Å². The molecule has 0 saturated heterocycles. The number of para-hydroxylation sites is 1. The number of anilines is 2. The summed E-state index contributed by atoms with van der Waals surface area (Å²) in [7, 11) is 0. The zero-order valence-electron chi connectivity index (χ0n) is 21.2. The number of halogens is 1. The molecule has 2 aromatic rings. The molecular weight excluding hydrogens is 603 g/mol. The van der Waals surface area contributed by atoms with Crippen molar-refractivity contribution in [3.63, 3.8) is 0 Å². The van der Waals surface area contributed by atoms with Gasteiger partial charge >= 0.3 is 219 Å². The summed E-state index contributed by atoms with van der Waals surface area (Å²) in [5, 5.41) is 0.711. The average Bonchev–Trinajstić information content (AvgIpc) is 3.14. The van der Waals surface area contributed by atoms with E-state index in [2.05, 4.69) is 36.7 Å². The fourth-order valence-corrected chi connectivity index (χ4v) is 27.4. The van der Waals surface area contributed by atoms with Gasteiger partial charge in [-0.15, -0.1) is 0 Å². The van der Waals surface area contributed by atoms with Crippen LogP contribution in [0.15, 0.2) is 34.9 Å². The first-order chi connectivity index (χ1) is 15.7. The first-order valence-corrected chi connectivity index (χ1v) is 21.5. The zero-order valence-corrected chi connectivity index (χ0v) is 26.5. The van der Waals surface area contributed by atoms with Crippen molar-refractivity contribution >= 4 is 65.4 Å². The van der Waals surface area contributed by atoms with Crippen molar-refractivity contribution < 1.29 is 9.53 Å². The number of thiazole rings is 1. The molecule has 0 spiro atoms. The summed E-state index contributed by atoms with van der Waals surface area (Å²) < 4.78 is 12.3. The summed E-state index contributed by atoms with van der Waals surface area (Å²) in [6.07, 6.45) is 7.18. The molecule has 33 heavy (non-hydrogen) atoms. The van der Waals surface area contributed by atoms with Gasteiger partial charge in [0, 0.05) is 0 Å². The Morgan fingerprint density at radius 3 is 1.97 bits per heavy atom. The van der Waals surface area contributed by atoms with Gasteiger partial charge in [0.25, 0.3) is 0 Å². The van der Waals surface area contributed by atoms with Gasteiger partial charge in [0.15, 0.2) is 0 Å². The molecule has 0 saturated carbocycles. The van der Waals surface area contributed by atoms with Gasteiger partial charge in [-0.25, -0.2) is 0 Å². The number of rotatable bonds is 12. The topological polar surface area (TPSA) is 42.4 Å². The second-order valence-corrected chi connectivity index (χ2v) is 25.6. The van der Waals surface area contributed by atoms with Gasteiger partial charge in [-0.1, -0.05) is 0 Å². The van der Waals surface area contributed by atoms with E-state index in [0.717, 1.165) is 10.3 Å². The van der Waals surface area contributed by atoms with E-state index in [4.69, 9.17) is 9.72 Å². The number of hydrogen-bond acceptors (Lipinski definition) is 4. The van der Waals surface area contributed by atoms with Gasteiger partial charge < -0.3 is 0 Å². The van der Waals surface area contributed by atoms with E-state index in [-0.39, 0.29) is 6.09 Å². The van der Waals surface area contributed by atoms with Crippen LogP contribution >= 0.6 is 27.3 Å². The molecule has 0 aliphatic carbocycles. The molecule has 0 aliphatic heterocycles. The third-order valence-electron chi connectivity index (χ3n) is 5.86. The molecule has 1 heterocycles. The number of aromatic nitrogens is 1. The van der Waals surface area contributed by atoms with Crippen molar-refractivity contribution in [2.24, 2.45) is 0 Å². The van der Waals surface area contributed by atoms with Crippen LogP contribution in [0.3, 0.4) is 0 Å². The van der Waals surface area contributed by atoms with Crippen LogP contribution in [-0.2, 0) is 4.74 Å². The molecule has 0 unspecified atom stereocenters. The molecule has 7 heteroatoms. The Balaban J connectivity index is 2.57. The van der Waals surface area contributed by atoms with Gasteiger partial charge in [-0.2, -0.15) is 0 Å². The number of carbonyl (C=O) groups excluding carboxylic acids is 1. The summed E-state index contributed by atoms with van der Waals surface area (Å²) in [6, 6.07) is 9.75. The zero-order chi connectivity index (χ0) is 24.5. The van der Waals surface area contributed by atoms with Crippen molar-refractivity contribution in [3.05, 3.63) is 34.9 Å². The third-order valence-corrected chi connectivity index (χ3v) is 27.0. The van der Waals surface area contributed by atoms with Crippen LogP contribution in [-0.4, -0.2) is 35.1 Å². The second-order valence-electron chi connectivity index (χ2n) is 9.86. The fourth-order valence-electron chi connectivity index (χ4n) is 4.15. The quantitative estimate of drug-likeness (QED) is 0.217. The summed E-state index contributed by atoms with van der Waals surface area (Å²) in [4.78, 5) is 19.9. The number of carbonyl (C=O) groups is 1. The SMILES string of the molecule is CCC[CH2][Sn]([CH2]CCC)([CH2]CCC)[c]1sc(N(C(=O)OC(C)(C)C)c2ccccc2)nc1Br. The van der Waals surface area contributed by atoms with Crippen molar-refractivity contribution in [3.8, 4) is 0 Å². The predicted molar refractivity (Wildman–Crippen MR) is 149 cm³/mol. The van der Waals surface area contributed by atoms with E-state index in [1.165, 1.54) is 54.7 Å². The molecule has 0 bridgehead atoms. The molecule has 1 amide bonds. The van der Waals surface area contributed by atoms with E-state index in [9.17, 15) is 4.79 Å². The molecular formula is C26H41BrN2O2SSn. The number of hydrogen-bond donors (Lipinski definition) is 0. The van der Waals surface area contributed by atoms with E-state index < -0.39 is 24.0 Å². The standard InChI is InChI=1S/C14H14BrN2O2S.3C4H9.Sn/c1-14(2,3)19-13(18)17(10-7-5-4-6-8-10)12-16-11(15)9-20-12;3*1-3-4-2;/h4-8H,1-3H3;3*1,3-4H2,2H3;. The van der Waals surface area contributed by atoms with Crippen LogP contribution in [0.1, 0.15) is 80.1 Å². The van der Waals surface area contributed by atoms with E-state index in [1.54, 1.807) is 16.2 Å². The molecule has 0 fully saturated rings. The second kappa shape index (κ2) is 13.5. The van der Waals surface area contributed by atoms with E-state index >= 15 is 0 Å². The Morgan fingerprint density at radius 2 is 1.52 bits per heavy atom. The Hall–Kier alpha value is -0.601. The number of nitrogens with zero attached hydrogens (tertiary/aromatic N) is 2. The average molecular weight is 644 g/mol. The fraction of sp³-hybridized carbons (Fsp3) is 0.615. The maximum absolute atomic E-state index is 13.3. The van der Waals surface area contributed by atoms with Crippen LogP contribution in [0.5, 0.6) is 0 Å². The monoisotopic (exact) mass is 644 g/mol. The molecule has 1 aromatic carbocycles. The number of amides is 1. The van der Waals surface area contributed by atoms with Crippen molar-refractivity contribution in [1.82, 2.24) is 4.98 Å². The molecule has 0 N–H and O–H groups in total. The number of unbranched alkanes of at least 4 members (excludes halogenated alkanes) is 3.